The van der Waals surface area contributed by atoms with Crippen molar-refractivity contribution in [3.05, 3.63) is 29.8 Å². The van der Waals surface area contributed by atoms with Gasteiger partial charge in [-0.2, -0.15) is 30.7 Å². The molecule has 26 heavy (non-hydrogen) atoms. The van der Waals surface area contributed by atoms with Crippen LogP contribution in [-0.2, 0) is 0 Å². The fourth-order valence-electron chi connectivity index (χ4n) is 2.69. The number of benzene rings is 1. The van der Waals surface area contributed by atoms with Gasteiger partial charge in [-0.15, -0.1) is 12.4 Å². The Bertz CT molecular complexity index is 565. The van der Waals surface area contributed by atoms with Crippen molar-refractivity contribution in [3.63, 3.8) is 0 Å². The number of ether oxygens (including phenoxy) is 1. The molecular weight excluding hydrogens is 393 g/mol. The van der Waals surface area contributed by atoms with Gasteiger partial charge in [0, 0.05) is 37.8 Å². The molecule has 11 heteroatoms. The Balaban J connectivity index is 0.00000338. The van der Waals surface area contributed by atoms with E-state index < -0.39 is 36.9 Å². The molecule has 0 saturated carbocycles. The predicted octanol–water partition coefficient (Wildman–Crippen LogP) is 4.24. The molecule has 0 amide bonds. The molecule has 0 spiro atoms. The van der Waals surface area contributed by atoms with E-state index in [0.29, 0.717) is 13.1 Å². The predicted molar refractivity (Wildman–Crippen MR) is 83.1 cm³/mol. The molecule has 0 aliphatic carbocycles. The van der Waals surface area contributed by atoms with Gasteiger partial charge in [-0.1, -0.05) is 18.2 Å². The topological polar surface area (TPSA) is 24.5 Å². The van der Waals surface area contributed by atoms with Gasteiger partial charge in [0.05, 0.1) is 6.42 Å². The van der Waals surface area contributed by atoms with Crippen LogP contribution in [0, 0.1) is 0 Å². The van der Waals surface area contributed by atoms with Crippen LogP contribution in [0.25, 0.3) is 0 Å². The number of nitrogens with one attached hydrogen (secondary N) is 1. The molecule has 0 bridgehead atoms. The maximum atomic E-state index is 13.2. The average molecular weight is 411 g/mol. The summed E-state index contributed by atoms with van der Waals surface area (Å²) in [7, 11) is 0. The summed E-state index contributed by atoms with van der Waals surface area (Å²) >= 11 is 0. The molecule has 3 nitrogen and oxygen atoms in total. The van der Waals surface area contributed by atoms with Gasteiger partial charge in [0.2, 0.25) is 0 Å². The molecule has 1 saturated heterocycles. The van der Waals surface area contributed by atoms with Crippen molar-refractivity contribution >= 4 is 12.4 Å². The number of piperazine rings is 1. The summed E-state index contributed by atoms with van der Waals surface area (Å²) < 4.78 is 94.3. The average Bonchev–Trinajstić information content (AvgIpc) is 2.53. The van der Waals surface area contributed by atoms with Crippen LogP contribution in [0.5, 0.6) is 5.75 Å². The smallest absolute Gasteiger partial charge is 0.428 e. The summed E-state index contributed by atoms with van der Waals surface area (Å²) in [6.07, 6.45) is -14.7. The van der Waals surface area contributed by atoms with E-state index in [1.54, 1.807) is 0 Å². The molecule has 1 heterocycles. The summed E-state index contributed by atoms with van der Waals surface area (Å²) in [5.74, 6) is -0.680. The van der Waals surface area contributed by atoms with Gasteiger partial charge in [0.25, 0.3) is 0 Å². The quantitative estimate of drug-likeness (QED) is 0.710. The van der Waals surface area contributed by atoms with Crippen LogP contribution in [-0.4, -0.2) is 49.8 Å². The van der Waals surface area contributed by atoms with Crippen LogP contribution >= 0.6 is 12.4 Å². The lowest BCUT2D eigenvalue weighted by atomic mass is 9.99. The number of hydrogen-bond donors (Lipinski definition) is 1. The second kappa shape index (κ2) is 9.09. The Morgan fingerprint density at radius 1 is 1.04 bits per heavy atom. The highest BCUT2D eigenvalue weighted by atomic mass is 35.5. The Morgan fingerprint density at radius 2 is 1.62 bits per heavy atom. The van der Waals surface area contributed by atoms with E-state index in [-0.39, 0.29) is 31.1 Å². The molecule has 1 aliphatic rings. The SMILES string of the molecule is Cl.FC(F)C(F)(F)Oc1ccccc1[C@@H](CC(F)(F)F)N1CCNCC1. The normalized spacial score (nSPS) is 17.7. The lowest BCUT2D eigenvalue weighted by molar-refractivity contribution is -0.253. The van der Waals surface area contributed by atoms with Crippen molar-refractivity contribution in [2.24, 2.45) is 0 Å². The first kappa shape index (κ1) is 22.8. The van der Waals surface area contributed by atoms with E-state index in [9.17, 15) is 30.7 Å². The van der Waals surface area contributed by atoms with Crippen LogP contribution in [0.2, 0.25) is 0 Å². The molecule has 1 atom stereocenters. The number of para-hydroxylation sites is 1. The molecule has 1 N–H and O–H groups in total. The van der Waals surface area contributed by atoms with Crippen molar-refractivity contribution in [3.8, 4) is 5.75 Å². The van der Waals surface area contributed by atoms with Crippen LogP contribution < -0.4 is 10.1 Å². The molecule has 150 valence electrons. The van der Waals surface area contributed by atoms with E-state index in [2.05, 4.69) is 10.1 Å². The molecule has 1 aliphatic heterocycles. The first-order valence-electron chi connectivity index (χ1n) is 7.55. The fourth-order valence-corrected chi connectivity index (χ4v) is 2.69. The van der Waals surface area contributed by atoms with Gasteiger partial charge in [-0.3, -0.25) is 4.90 Å². The second-order valence-electron chi connectivity index (χ2n) is 5.62. The Morgan fingerprint density at radius 3 is 2.15 bits per heavy atom. The van der Waals surface area contributed by atoms with Gasteiger partial charge in [-0.05, 0) is 6.07 Å². The van der Waals surface area contributed by atoms with Crippen molar-refractivity contribution < 1.29 is 35.5 Å². The van der Waals surface area contributed by atoms with Gasteiger partial charge >= 0.3 is 18.7 Å². The Labute approximate surface area is 151 Å². The van der Waals surface area contributed by atoms with Crippen LogP contribution in [0.4, 0.5) is 30.7 Å². The third-order valence-corrected chi connectivity index (χ3v) is 3.80. The zero-order chi connectivity index (χ0) is 18.7. The fraction of sp³-hybridized carbons (Fsp3) is 0.600. The van der Waals surface area contributed by atoms with E-state index in [4.69, 9.17) is 0 Å². The molecular formula is C15H18ClF7N2O. The third-order valence-electron chi connectivity index (χ3n) is 3.80. The number of rotatable bonds is 6. The minimum atomic E-state index is -4.79. The minimum absolute atomic E-state index is 0. The number of halogens is 8. The molecule has 0 unspecified atom stereocenters. The zero-order valence-electron chi connectivity index (χ0n) is 13.4. The first-order chi connectivity index (χ1) is 11.6. The molecule has 1 fully saturated rings. The Hall–Kier alpha value is -1.26. The van der Waals surface area contributed by atoms with Crippen LogP contribution in [0.3, 0.4) is 0 Å². The van der Waals surface area contributed by atoms with Gasteiger partial charge in [0.15, 0.2) is 0 Å². The lowest BCUT2D eigenvalue weighted by Gasteiger charge is -2.36. The van der Waals surface area contributed by atoms with Crippen LogP contribution in [0.1, 0.15) is 18.0 Å². The van der Waals surface area contributed by atoms with Crippen molar-refractivity contribution in [1.82, 2.24) is 10.2 Å². The Kier molecular flexibility index (Phi) is 7.97. The van der Waals surface area contributed by atoms with Crippen molar-refractivity contribution in [2.45, 2.75) is 31.2 Å². The van der Waals surface area contributed by atoms with E-state index >= 15 is 0 Å². The lowest BCUT2D eigenvalue weighted by Crippen LogP contribution is -2.46. The largest absolute Gasteiger partial charge is 0.461 e. The molecule has 2 rings (SSSR count). The van der Waals surface area contributed by atoms with Crippen LogP contribution in [0.15, 0.2) is 24.3 Å². The minimum Gasteiger partial charge on any atom is -0.428 e. The van der Waals surface area contributed by atoms with E-state index in [0.717, 1.165) is 6.07 Å². The molecule has 1 aromatic carbocycles. The highest BCUT2D eigenvalue weighted by molar-refractivity contribution is 5.85. The molecule has 1 aromatic rings. The summed E-state index contributed by atoms with van der Waals surface area (Å²) in [6.45, 7) is 1.40. The van der Waals surface area contributed by atoms with Gasteiger partial charge in [-0.25, -0.2) is 0 Å². The third kappa shape index (κ3) is 6.17. The number of alkyl halides is 7. The maximum absolute atomic E-state index is 13.2. The first-order valence-corrected chi connectivity index (χ1v) is 7.55. The standard InChI is InChI=1S/C15H17F7N2O.ClH/c16-13(17)15(21,22)25-12-4-2-1-3-10(12)11(9-14(18,19)20)24-7-5-23-6-8-24;/h1-4,11,13,23H,5-9H2;1H/t11-;/m1./s1. The second-order valence-corrected chi connectivity index (χ2v) is 5.62. The molecule has 0 radical (unpaired) electrons. The summed E-state index contributed by atoms with van der Waals surface area (Å²) in [4.78, 5) is 1.48. The summed E-state index contributed by atoms with van der Waals surface area (Å²) in [5.41, 5.74) is -0.193. The number of hydrogen-bond acceptors (Lipinski definition) is 3. The van der Waals surface area contributed by atoms with Crippen molar-refractivity contribution in [2.75, 3.05) is 26.2 Å². The van der Waals surface area contributed by atoms with Crippen molar-refractivity contribution in [1.29, 1.82) is 0 Å². The monoisotopic (exact) mass is 410 g/mol. The zero-order valence-corrected chi connectivity index (χ0v) is 14.2. The van der Waals surface area contributed by atoms with E-state index in [1.807, 2.05) is 0 Å². The summed E-state index contributed by atoms with van der Waals surface area (Å²) in [6, 6.07) is 3.45. The number of nitrogens with zero attached hydrogens (tertiary/aromatic N) is 1. The maximum Gasteiger partial charge on any atom is 0.461 e. The van der Waals surface area contributed by atoms with Gasteiger partial charge in [0.1, 0.15) is 5.75 Å². The van der Waals surface area contributed by atoms with Gasteiger partial charge < -0.3 is 10.1 Å². The van der Waals surface area contributed by atoms with E-state index in [1.165, 1.54) is 23.1 Å². The highest BCUT2D eigenvalue weighted by Gasteiger charge is 2.45. The molecule has 0 aromatic heterocycles. The highest BCUT2D eigenvalue weighted by Crippen LogP contribution is 2.40. The summed E-state index contributed by atoms with van der Waals surface area (Å²) in [5, 5.41) is 2.98.